The Bertz CT molecular complexity index is 666. The topological polar surface area (TPSA) is 76.7 Å². The summed E-state index contributed by atoms with van der Waals surface area (Å²) in [5, 5.41) is 5.25. The molecule has 128 valence electrons. The first-order valence-electron chi connectivity index (χ1n) is 7.87. The summed E-state index contributed by atoms with van der Waals surface area (Å²) in [6.07, 6.45) is 1.74. The Hall–Kier alpha value is -2.41. The smallest absolute Gasteiger partial charge is 0.338 e. The van der Waals surface area contributed by atoms with Gasteiger partial charge in [-0.3, -0.25) is 0 Å². The summed E-state index contributed by atoms with van der Waals surface area (Å²) in [4.78, 5) is 24.3. The third-order valence-electron chi connectivity index (χ3n) is 4.12. The number of carbonyl (C=O) groups excluding carboxylic acids is 2. The highest BCUT2D eigenvalue weighted by Crippen LogP contribution is 2.28. The van der Waals surface area contributed by atoms with E-state index in [0.29, 0.717) is 23.4 Å². The first-order valence-corrected chi connectivity index (χ1v) is 7.87. The quantitative estimate of drug-likeness (QED) is 0.828. The van der Waals surface area contributed by atoms with Crippen LogP contribution in [0.15, 0.2) is 35.5 Å². The zero-order valence-electron chi connectivity index (χ0n) is 13.3. The lowest BCUT2D eigenvalue weighted by Gasteiger charge is -2.28. The minimum atomic E-state index is -0.684. The Morgan fingerprint density at radius 3 is 2.79 bits per heavy atom. The second-order valence-corrected chi connectivity index (χ2v) is 5.86. The highest BCUT2D eigenvalue weighted by atomic mass is 19.1. The summed E-state index contributed by atoms with van der Waals surface area (Å²) in [6, 6.07) is 4.54. The van der Waals surface area contributed by atoms with Gasteiger partial charge in [0.2, 0.25) is 0 Å². The van der Waals surface area contributed by atoms with E-state index in [1.54, 1.807) is 6.92 Å². The van der Waals surface area contributed by atoms with Gasteiger partial charge in [-0.1, -0.05) is 12.1 Å². The molecule has 2 heterocycles. The number of esters is 1. The number of carbonyl (C=O) groups is 2. The van der Waals surface area contributed by atoms with Crippen LogP contribution in [0.1, 0.15) is 31.4 Å². The maximum atomic E-state index is 13.1. The molecule has 1 aromatic carbocycles. The normalized spacial score (nSPS) is 23.7. The van der Waals surface area contributed by atoms with Crippen molar-refractivity contribution in [3.05, 3.63) is 46.9 Å². The molecule has 2 aliphatic rings. The van der Waals surface area contributed by atoms with E-state index in [1.165, 1.54) is 24.3 Å². The van der Waals surface area contributed by atoms with Gasteiger partial charge in [-0.15, -0.1) is 0 Å². The van der Waals surface area contributed by atoms with Gasteiger partial charge in [0.25, 0.3) is 0 Å². The van der Waals surface area contributed by atoms with Crippen LogP contribution in [-0.2, 0) is 14.3 Å². The van der Waals surface area contributed by atoms with E-state index in [2.05, 4.69) is 10.6 Å². The van der Waals surface area contributed by atoms with Gasteiger partial charge in [-0.25, -0.2) is 14.0 Å². The molecular weight excluding hydrogens is 315 g/mol. The number of amides is 2. The van der Waals surface area contributed by atoms with Crippen molar-refractivity contribution in [1.82, 2.24) is 10.6 Å². The number of benzene rings is 1. The van der Waals surface area contributed by atoms with Crippen molar-refractivity contribution in [2.24, 2.45) is 0 Å². The standard InChI is InChI=1S/C17H19FN2O4/c1-10-14(16(21)24-9-13-3-2-8-23-13)15(20-17(22)19-10)11-4-6-12(18)7-5-11/h4-7,13,15H,2-3,8-9H2,1H3,(H2,19,20,22)/t13-,15+/m1/s1. The van der Waals surface area contributed by atoms with E-state index in [1.807, 2.05) is 0 Å². The van der Waals surface area contributed by atoms with E-state index < -0.39 is 18.0 Å². The monoisotopic (exact) mass is 334 g/mol. The summed E-state index contributed by atoms with van der Waals surface area (Å²) in [5.41, 5.74) is 1.33. The first kappa shape index (κ1) is 16.4. The van der Waals surface area contributed by atoms with Crippen LogP contribution in [0, 0.1) is 5.82 Å². The number of hydrogen-bond acceptors (Lipinski definition) is 4. The van der Waals surface area contributed by atoms with E-state index in [-0.39, 0.29) is 18.5 Å². The second-order valence-electron chi connectivity index (χ2n) is 5.86. The molecule has 2 N–H and O–H groups in total. The van der Waals surface area contributed by atoms with Crippen molar-refractivity contribution in [3.63, 3.8) is 0 Å². The van der Waals surface area contributed by atoms with Crippen LogP contribution < -0.4 is 10.6 Å². The number of rotatable bonds is 4. The summed E-state index contributed by atoms with van der Waals surface area (Å²) >= 11 is 0. The number of hydrogen-bond donors (Lipinski definition) is 2. The Kier molecular flexibility index (Phi) is 4.80. The number of urea groups is 1. The van der Waals surface area contributed by atoms with E-state index >= 15 is 0 Å². The molecule has 1 fully saturated rings. The van der Waals surface area contributed by atoms with Gasteiger partial charge in [-0.2, -0.15) is 0 Å². The van der Waals surface area contributed by atoms with Crippen LogP contribution in [0.3, 0.4) is 0 Å². The zero-order chi connectivity index (χ0) is 17.1. The Balaban J connectivity index is 1.80. The number of allylic oxidation sites excluding steroid dienone is 1. The molecule has 2 aliphatic heterocycles. The fourth-order valence-electron chi connectivity index (χ4n) is 2.89. The van der Waals surface area contributed by atoms with Crippen LogP contribution in [0.2, 0.25) is 0 Å². The average molecular weight is 334 g/mol. The van der Waals surface area contributed by atoms with Crippen molar-refractivity contribution < 1.29 is 23.5 Å². The highest BCUT2D eigenvalue weighted by Gasteiger charge is 2.32. The molecule has 0 spiro atoms. The molecule has 1 saturated heterocycles. The SMILES string of the molecule is CC1=C(C(=O)OC[C@H]2CCCO2)[C@H](c2ccc(F)cc2)NC(=O)N1. The maximum Gasteiger partial charge on any atom is 0.338 e. The average Bonchev–Trinajstić information content (AvgIpc) is 3.06. The minimum absolute atomic E-state index is 0.0785. The number of ether oxygens (including phenoxy) is 2. The largest absolute Gasteiger partial charge is 0.459 e. The summed E-state index contributed by atoms with van der Waals surface area (Å²) in [5.74, 6) is -0.910. The molecule has 24 heavy (non-hydrogen) atoms. The molecule has 0 bridgehead atoms. The van der Waals surface area contributed by atoms with E-state index in [0.717, 1.165) is 12.8 Å². The van der Waals surface area contributed by atoms with Crippen LogP contribution >= 0.6 is 0 Å². The lowest BCUT2D eigenvalue weighted by atomic mass is 9.95. The molecule has 3 rings (SSSR count). The van der Waals surface area contributed by atoms with Gasteiger partial charge in [0.1, 0.15) is 12.4 Å². The first-order chi connectivity index (χ1) is 11.5. The maximum absolute atomic E-state index is 13.1. The molecule has 0 radical (unpaired) electrons. The molecule has 0 aliphatic carbocycles. The van der Waals surface area contributed by atoms with Gasteiger partial charge >= 0.3 is 12.0 Å². The summed E-state index contributed by atoms with van der Waals surface area (Å²) in [6.45, 7) is 2.50. The second kappa shape index (κ2) is 7.00. The third kappa shape index (κ3) is 3.56. The minimum Gasteiger partial charge on any atom is -0.459 e. The Labute approximate surface area is 139 Å². The van der Waals surface area contributed by atoms with Crippen molar-refractivity contribution in [2.75, 3.05) is 13.2 Å². The fraction of sp³-hybridized carbons (Fsp3) is 0.412. The van der Waals surface area contributed by atoms with Crippen molar-refractivity contribution in [3.8, 4) is 0 Å². The van der Waals surface area contributed by atoms with Gasteiger partial charge in [0.05, 0.1) is 17.7 Å². The van der Waals surface area contributed by atoms with Crippen molar-refractivity contribution >= 4 is 12.0 Å². The van der Waals surface area contributed by atoms with Crippen molar-refractivity contribution in [1.29, 1.82) is 0 Å². The van der Waals surface area contributed by atoms with Gasteiger partial charge in [-0.05, 0) is 37.5 Å². The lowest BCUT2D eigenvalue weighted by molar-refractivity contribution is -0.142. The molecule has 6 nitrogen and oxygen atoms in total. The third-order valence-corrected chi connectivity index (χ3v) is 4.12. The fourth-order valence-corrected chi connectivity index (χ4v) is 2.89. The van der Waals surface area contributed by atoms with Crippen LogP contribution in [0.25, 0.3) is 0 Å². The molecule has 2 amide bonds. The molecular formula is C17H19FN2O4. The Morgan fingerprint density at radius 2 is 2.12 bits per heavy atom. The van der Waals surface area contributed by atoms with E-state index in [4.69, 9.17) is 9.47 Å². The van der Waals surface area contributed by atoms with Gasteiger partial charge in [0.15, 0.2) is 0 Å². The van der Waals surface area contributed by atoms with Crippen LogP contribution in [0.4, 0.5) is 9.18 Å². The zero-order valence-corrected chi connectivity index (χ0v) is 13.3. The van der Waals surface area contributed by atoms with Crippen molar-refractivity contribution in [2.45, 2.75) is 31.9 Å². The van der Waals surface area contributed by atoms with E-state index in [9.17, 15) is 14.0 Å². The molecule has 0 aromatic heterocycles. The molecule has 0 unspecified atom stereocenters. The summed E-state index contributed by atoms with van der Waals surface area (Å²) < 4.78 is 23.9. The number of halogens is 1. The molecule has 1 aromatic rings. The summed E-state index contributed by atoms with van der Waals surface area (Å²) in [7, 11) is 0. The van der Waals surface area contributed by atoms with Gasteiger partial charge < -0.3 is 20.1 Å². The van der Waals surface area contributed by atoms with Crippen LogP contribution in [0.5, 0.6) is 0 Å². The molecule has 7 heteroatoms. The predicted octanol–water partition coefficient (Wildman–Crippen LogP) is 2.18. The molecule has 0 saturated carbocycles. The van der Waals surface area contributed by atoms with Gasteiger partial charge in [0, 0.05) is 12.3 Å². The molecule has 2 atom stereocenters. The number of nitrogens with one attached hydrogen (secondary N) is 2. The predicted molar refractivity (Wildman–Crippen MR) is 83.4 cm³/mol. The Morgan fingerprint density at radius 1 is 1.38 bits per heavy atom. The van der Waals surface area contributed by atoms with Crippen LogP contribution in [-0.4, -0.2) is 31.3 Å². The highest BCUT2D eigenvalue weighted by molar-refractivity contribution is 5.95. The lowest BCUT2D eigenvalue weighted by Crippen LogP contribution is -2.45.